The van der Waals surface area contributed by atoms with Crippen molar-refractivity contribution in [3.63, 3.8) is 0 Å². The van der Waals surface area contributed by atoms with Crippen LogP contribution in [0.2, 0.25) is 0 Å². The summed E-state index contributed by atoms with van der Waals surface area (Å²) in [5, 5.41) is 10.9. The SMILES string of the molecule is C=P(C)(C)Cc1c2ccccc2cc2c3ccccc3c3ccccc3c12. The average molecular weight is 366 g/mol. The minimum absolute atomic E-state index is 1.06. The van der Waals surface area contributed by atoms with Crippen molar-refractivity contribution in [3.05, 3.63) is 84.4 Å². The van der Waals surface area contributed by atoms with Crippen LogP contribution in [0, 0.1) is 0 Å². The van der Waals surface area contributed by atoms with Crippen LogP contribution in [0.1, 0.15) is 5.56 Å². The van der Waals surface area contributed by atoms with Gasteiger partial charge in [-0.1, -0.05) is 72.8 Å². The first-order valence-electron chi connectivity index (χ1n) is 9.44. The number of hydrogen-bond acceptors (Lipinski definition) is 0. The lowest BCUT2D eigenvalue weighted by Crippen LogP contribution is -1.94. The maximum Gasteiger partial charge on any atom is -0.00569 e. The lowest BCUT2D eigenvalue weighted by atomic mass is 9.89. The number of benzene rings is 5. The van der Waals surface area contributed by atoms with Gasteiger partial charge >= 0.3 is 0 Å². The fourth-order valence-corrected chi connectivity index (χ4v) is 5.61. The predicted octanol–water partition coefficient (Wildman–Crippen LogP) is 7.51. The average Bonchev–Trinajstić information content (AvgIpc) is 2.67. The molecule has 0 bridgehead atoms. The van der Waals surface area contributed by atoms with Gasteiger partial charge in [-0.05, 0) is 74.2 Å². The topological polar surface area (TPSA) is 0 Å². The first-order valence-corrected chi connectivity index (χ1v) is 12.5. The first-order chi connectivity index (χ1) is 13.0. The van der Waals surface area contributed by atoms with Gasteiger partial charge in [0.2, 0.25) is 0 Å². The smallest absolute Gasteiger partial charge is 0.00569 e. The van der Waals surface area contributed by atoms with E-state index in [1.54, 1.807) is 0 Å². The summed E-state index contributed by atoms with van der Waals surface area (Å²) in [7, 11) is 0. The molecule has 5 rings (SSSR count). The van der Waals surface area contributed by atoms with Gasteiger partial charge in [0.15, 0.2) is 0 Å². The third kappa shape index (κ3) is 2.68. The summed E-state index contributed by atoms with van der Waals surface area (Å²) in [6.45, 7) is 3.44. The summed E-state index contributed by atoms with van der Waals surface area (Å²) in [5.41, 5.74) is 1.47. The van der Waals surface area contributed by atoms with Crippen LogP contribution in [-0.4, -0.2) is 19.6 Å². The molecule has 132 valence electrons. The Kier molecular flexibility index (Phi) is 3.67. The van der Waals surface area contributed by atoms with Crippen LogP contribution in [0.25, 0.3) is 43.1 Å². The maximum atomic E-state index is 4.53. The second kappa shape index (κ2) is 5.98. The highest BCUT2D eigenvalue weighted by Crippen LogP contribution is 2.47. The molecule has 0 saturated heterocycles. The third-order valence-electron chi connectivity index (χ3n) is 5.45. The first kappa shape index (κ1) is 16.6. The van der Waals surface area contributed by atoms with Crippen molar-refractivity contribution in [1.82, 2.24) is 0 Å². The molecule has 0 atom stereocenters. The van der Waals surface area contributed by atoms with Gasteiger partial charge in [-0.15, -0.1) is 13.2 Å². The zero-order chi connectivity index (χ0) is 18.6. The molecule has 0 nitrogen and oxygen atoms in total. The number of fused-ring (bicyclic) bond motifs is 7. The minimum Gasteiger partial charge on any atom is -0.114 e. The van der Waals surface area contributed by atoms with E-state index >= 15 is 0 Å². The van der Waals surface area contributed by atoms with Gasteiger partial charge in [-0.2, -0.15) is 0 Å². The highest BCUT2D eigenvalue weighted by molar-refractivity contribution is 7.71. The van der Waals surface area contributed by atoms with Crippen molar-refractivity contribution in [3.8, 4) is 0 Å². The highest BCUT2D eigenvalue weighted by Gasteiger charge is 2.16. The lowest BCUT2D eigenvalue weighted by Gasteiger charge is -2.20. The fourth-order valence-electron chi connectivity index (χ4n) is 4.42. The second-order valence-corrected chi connectivity index (χ2v) is 12.4. The Hall–Kier alpha value is -2.56. The quantitative estimate of drug-likeness (QED) is 0.172. The van der Waals surface area contributed by atoms with Crippen molar-refractivity contribution in [2.75, 3.05) is 13.3 Å². The van der Waals surface area contributed by atoms with E-state index in [1.165, 1.54) is 48.7 Å². The molecule has 0 spiro atoms. The second-order valence-electron chi connectivity index (χ2n) is 8.18. The van der Waals surface area contributed by atoms with Gasteiger partial charge in [0.1, 0.15) is 0 Å². The molecule has 27 heavy (non-hydrogen) atoms. The van der Waals surface area contributed by atoms with Gasteiger partial charge in [-0.3, -0.25) is 0 Å². The van der Waals surface area contributed by atoms with Crippen molar-refractivity contribution < 1.29 is 0 Å². The highest BCUT2D eigenvalue weighted by atomic mass is 31.2. The monoisotopic (exact) mass is 366 g/mol. The fraction of sp³-hybridized carbons (Fsp3) is 0.115. The summed E-state index contributed by atoms with van der Waals surface area (Å²) in [4.78, 5) is 0. The van der Waals surface area contributed by atoms with E-state index in [4.69, 9.17) is 0 Å². The summed E-state index contributed by atoms with van der Waals surface area (Å²) in [6.07, 6.45) is 5.60. The molecular formula is C26H23P. The molecule has 0 saturated carbocycles. The molecule has 0 N–H and O–H groups in total. The summed E-state index contributed by atoms with van der Waals surface area (Å²) in [6, 6.07) is 28.9. The zero-order valence-electron chi connectivity index (χ0n) is 15.9. The molecule has 0 unspecified atom stereocenters. The minimum atomic E-state index is -1.23. The summed E-state index contributed by atoms with van der Waals surface area (Å²) >= 11 is 0. The van der Waals surface area contributed by atoms with Gasteiger partial charge in [0, 0.05) is 0 Å². The molecule has 5 aromatic carbocycles. The predicted molar refractivity (Wildman–Crippen MR) is 126 cm³/mol. The van der Waals surface area contributed by atoms with Crippen molar-refractivity contribution in [2.24, 2.45) is 0 Å². The van der Waals surface area contributed by atoms with Gasteiger partial charge in [0.05, 0.1) is 0 Å². The van der Waals surface area contributed by atoms with E-state index in [-0.39, 0.29) is 0 Å². The number of hydrogen-bond donors (Lipinski definition) is 0. The number of rotatable bonds is 2. The molecule has 0 aliphatic heterocycles. The van der Waals surface area contributed by atoms with E-state index in [1.807, 2.05) is 0 Å². The van der Waals surface area contributed by atoms with Crippen LogP contribution >= 0.6 is 6.89 Å². The zero-order valence-corrected chi connectivity index (χ0v) is 16.8. The van der Waals surface area contributed by atoms with E-state index in [0.29, 0.717) is 0 Å². The molecule has 0 radical (unpaired) electrons. The van der Waals surface area contributed by atoms with Crippen LogP contribution in [0.15, 0.2) is 78.9 Å². The third-order valence-corrected chi connectivity index (χ3v) is 6.62. The van der Waals surface area contributed by atoms with E-state index < -0.39 is 6.89 Å². The maximum absolute atomic E-state index is 4.53. The molecule has 0 amide bonds. The van der Waals surface area contributed by atoms with Crippen LogP contribution in [-0.2, 0) is 6.16 Å². The normalized spacial score (nSPS) is 12.4. The molecule has 5 aromatic rings. The Morgan fingerprint density at radius 2 is 1.11 bits per heavy atom. The van der Waals surface area contributed by atoms with Crippen molar-refractivity contribution >= 4 is 56.3 Å². The Morgan fingerprint density at radius 1 is 0.630 bits per heavy atom. The Balaban J connectivity index is 2.14. The van der Waals surface area contributed by atoms with Crippen molar-refractivity contribution in [2.45, 2.75) is 6.16 Å². The van der Waals surface area contributed by atoms with E-state index in [0.717, 1.165) is 6.16 Å². The van der Waals surface area contributed by atoms with Crippen LogP contribution < -0.4 is 0 Å². The summed E-state index contributed by atoms with van der Waals surface area (Å²) < 4.78 is 0. The lowest BCUT2D eigenvalue weighted by molar-refractivity contribution is 1.49. The Bertz CT molecular complexity index is 1390. The van der Waals surface area contributed by atoms with E-state index in [2.05, 4.69) is 98.5 Å². The molecule has 1 heteroatoms. The molecule has 0 heterocycles. The molecule has 0 aliphatic carbocycles. The van der Waals surface area contributed by atoms with E-state index in [9.17, 15) is 0 Å². The van der Waals surface area contributed by atoms with Gasteiger partial charge in [0.25, 0.3) is 0 Å². The molecule has 0 aromatic heterocycles. The molecule has 0 fully saturated rings. The van der Waals surface area contributed by atoms with Crippen LogP contribution in [0.4, 0.5) is 0 Å². The van der Waals surface area contributed by atoms with Crippen molar-refractivity contribution in [1.29, 1.82) is 0 Å². The summed E-state index contributed by atoms with van der Waals surface area (Å²) in [5.74, 6) is 0. The van der Waals surface area contributed by atoms with Gasteiger partial charge < -0.3 is 0 Å². The van der Waals surface area contributed by atoms with Gasteiger partial charge in [-0.25, -0.2) is 0 Å². The molecule has 0 aliphatic rings. The van der Waals surface area contributed by atoms with Crippen LogP contribution in [0.3, 0.4) is 0 Å². The Morgan fingerprint density at radius 3 is 1.74 bits per heavy atom. The standard InChI is InChI=1S/C26H23P/c1-27(2,3)17-25-19-11-5-4-10-18(19)16-24-22-14-7-6-12-20(22)21-13-8-9-15-23(21)26(24)25/h4-16H,1,17H2,2-3H3. The largest absolute Gasteiger partial charge is 0.114 e. The molecular weight excluding hydrogens is 343 g/mol. The van der Waals surface area contributed by atoms with Crippen LogP contribution in [0.5, 0.6) is 0 Å². The Labute approximate surface area is 160 Å².